The number of carboxylic acids is 1. The number of nitrogens with zero attached hydrogens (tertiary/aromatic N) is 4. The molecule has 2 aromatic heterocycles. The van der Waals surface area contributed by atoms with Gasteiger partial charge >= 0.3 is 29.4 Å². The molecule has 2 amide bonds. The molecule has 56 heavy (non-hydrogen) atoms. The van der Waals surface area contributed by atoms with Crippen molar-refractivity contribution in [1.82, 2.24) is 30.2 Å². The molecule has 0 bridgehead atoms. The lowest BCUT2D eigenvalue weighted by Crippen LogP contribution is -2.46. The van der Waals surface area contributed by atoms with E-state index in [1.807, 2.05) is 0 Å². The smallest absolute Gasteiger partial charge is 0.478 e. The first-order valence-electron chi connectivity index (χ1n) is 15.8. The van der Waals surface area contributed by atoms with E-state index >= 15 is 0 Å². The SMILES string of the molecule is C/C(=C\C(=O)O)C(=O)SCCNC(=O)CCNC(=O)C(O)C(C)(C)COP(=O)(O)OP(=O)(O)OC[C@H]1O[C@@H](n2cnc3c(N)ncnc32)[C@H](O)[C@@H]1OP(=O)(O)O. The van der Waals surface area contributed by atoms with E-state index in [-0.39, 0.29) is 47.8 Å². The van der Waals surface area contributed by atoms with Gasteiger partial charge in [0.15, 0.2) is 17.7 Å². The van der Waals surface area contributed by atoms with Crippen molar-refractivity contribution in [2.75, 3.05) is 37.8 Å². The molecular weight excluding hydrogens is 839 g/mol. The Labute approximate surface area is 320 Å². The van der Waals surface area contributed by atoms with Gasteiger partial charge in [-0.2, -0.15) is 4.31 Å². The van der Waals surface area contributed by atoms with Crippen LogP contribution in [-0.4, -0.2) is 134 Å². The molecule has 314 valence electrons. The summed E-state index contributed by atoms with van der Waals surface area (Å²) in [7, 11) is -16.5. The molecule has 3 unspecified atom stereocenters. The Morgan fingerprint density at radius 2 is 1.73 bits per heavy atom. The molecule has 1 aliphatic rings. The molecule has 3 heterocycles. The Morgan fingerprint density at radius 1 is 1.07 bits per heavy atom. The number of phosphoric acid groups is 3. The predicted octanol–water partition coefficient (Wildman–Crippen LogP) is -1.30. The summed E-state index contributed by atoms with van der Waals surface area (Å²) in [6, 6.07) is 0. The third-order valence-electron chi connectivity index (χ3n) is 7.40. The number of hydrogen-bond acceptors (Lipinski definition) is 19. The van der Waals surface area contributed by atoms with Gasteiger partial charge in [0.1, 0.15) is 36.3 Å². The van der Waals surface area contributed by atoms with Crippen LogP contribution in [0.2, 0.25) is 0 Å². The third kappa shape index (κ3) is 14.0. The largest absolute Gasteiger partial charge is 0.481 e. The number of fused-ring (bicyclic) bond motifs is 1. The number of carbonyl (C=O) groups is 4. The average molecular weight is 880 g/mol. The number of nitrogen functional groups attached to an aromatic ring is 1. The highest BCUT2D eigenvalue weighted by atomic mass is 32.2. The Balaban J connectivity index is 1.49. The molecule has 0 spiro atoms. The molecule has 3 rings (SSSR count). The minimum atomic E-state index is -5.59. The van der Waals surface area contributed by atoms with E-state index < -0.39 is 95.6 Å². The quantitative estimate of drug-likeness (QED) is 0.0395. The molecule has 1 fully saturated rings. The molecule has 1 aliphatic heterocycles. The number of anilines is 1. The van der Waals surface area contributed by atoms with E-state index in [9.17, 15) is 62.7 Å². The number of aliphatic carboxylic acids is 1. The van der Waals surface area contributed by atoms with Crippen molar-refractivity contribution in [3.63, 3.8) is 0 Å². The molecule has 2 aromatic rings. The number of aromatic nitrogens is 4. The van der Waals surface area contributed by atoms with Crippen molar-refractivity contribution < 1.29 is 90.4 Å². The highest BCUT2D eigenvalue weighted by Crippen LogP contribution is 2.61. The summed E-state index contributed by atoms with van der Waals surface area (Å²) in [5, 5.41) is 34.3. The van der Waals surface area contributed by atoms with Crippen LogP contribution >= 0.6 is 35.2 Å². The maximum atomic E-state index is 12.7. The minimum Gasteiger partial charge on any atom is -0.478 e. The number of ether oxygens (including phenoxy) is 1. The van der Waals surface area contributed by atoms with Gasteiger partial charge in [-0.25, -0.2) is 33.4 Å². The minimum absolute atomic E-state index is 0.0147. The first-order valence-corrected chi connectivity index (χ1v) is 21.3. The summed E-state index contributed by atoms with van der Waals surface area (Å²) in [6.07, 6.45) is -6.37. The van der Waals surface area contributed by atoms with Crippen LogP contribution in [0.4, 0.5) is 5.82 Å². The maximum absolute atomic E-state index is 12.7. The topological polar surface area (TPSA) is 401 Å². The van der Waals surface area contributed by atoms with Crippen LogP contribution in [0.15, 0.2) is 24.3 Å². The van der Waals surface area contributed by atoms with Crippen molar-refractivity contribution in [2.24, 2.45) is 5.41 Å². The molecule has 0 aliphatic carbocycles. The van der Waals surface area contributed by atoms with Crippen LogP contribution in [0.3, 0.4) is 0 Å². The monoisotopic (exact) mass is 879 g/mol. The molecule has 0 saturated carbocycles. The van der Waals surface area contributed by atoms with Crippen molar-refractivity contribution in [1.29, 1.82) is 0 Å². The van der Waals surface area contributed by atoms with Crippen molar-refractivity contribution in [2.45, 2.75) is 57.8 Å². The second-order valence-electron chi connectivity index (χ2n) is 12.4. The van der Waals surface area contributed by atoms with E-state index in [0.29, 0.717) is 0 Å². The predicted molar refractivity (Wildman–Crippen MR) is 188 cm³/mol. The summed E-state index contributed by atoms with van der Waals surface area (Å²) in [4.78, 5) is 97.8. The van der Waals surface area contributed by atoms with E-state index in [4.69, 9.17) is 24.6 Å². The second kappa shape index (κ2) is 19.5. The lowest BCUT2D eigenvalue weighted by molar-refractivity contribution is -0.137. The van der Waals surface area contributed by atoms with E-state index in [1.54, 1.807) is 0 Å². The number of carboxylic acid groups (broad SMARTS) is 1. The van der Waals surface area contributed by atoms with E-state index in [0.717, 1.165) is 35.1 Å². The summed E-state index contributed by atoms with van der Waals surface area (Å²) in [6.45, 7) is 1.48. The van der Waals surface area contributed by atoms with Crippen LogP contribution in [0.1, 0.15) is 33.4 Å². The number of nitrogens with two attached hydrogens (primary N) is 1. The van der Waals surface area contributed by atoms with Gasteiger partial charge in [-0.05, 0) is 6.92 Å². The molecule has 30 heteroatoms. The van der Waals surface area contributed by atoms with Gasteiger partial charge < -0.3 is 56.0 Å². The van der Waals surface area contributed by atoms with Crippen molar-refractivity contribution in [3.05, 3.63) is 24.3 Å². The zero-order chi connectivity index (χ0) is 42.2. The molecule has 26 nitrogen and oxygen atoms in total. The van der Waals surface area contributed by atoms with Crippen molar-refractivity contribution in [3.8, 4) is 0 Å². The van der Waals surface area contributed by atoms with Crippen molar-refractivity contribution >= 4 is 75.1 Å². The van der Waals surface area contributed by atoms with Crippen LogP contribution < -0.4 is 16.4 Å². The zero-order valence-corrected chi connectivity index (χ0v) is 33.0. The number of aliphatic hydroxyl groups excluding tert-OH is 2. The number of nitrogens with one attached hydrogen (secondary N) is 2. The Bertz CT molecular complexity index is 1940. The second-order valence-corrected chi connectivity index (χ2v) is 17.7. The number of amides is 2. The number of phosphoric ester groups is 3. The average Bonchev–Trinajstić information content (AvgIpc) is 3.64. The fourth-order valence-corrected chi connectivity index (χ4v) is 8.14. The first kappa shape index (κ1) is 47.1. The fourth-order valence-electron chi connectivity index (χ4n) is 4.63. The van der Waals surface area contributed by atoms with Crippen LogP contribution in [-0.2, 0) is 55.5 Å². The highest BCUT2D eigenvalue weighted by molar-refractivity contribution is 8.14. The van der Waals surface area contributed by atoms with Gasteiger partial charge in [0, 0.05) is 42.3 Å². The van der Waals surface area contributed by atoms with Gasteiger partial charge in [-0.3, -0.25) is 32.5 Å². The van der Waals surface area contributed by atoms with Crippen LogP contribution in [0.5, 0.6) is 0 Å². The van der Waals surface area contributed by atoms with Gasteiger partial charge in [0.05, 0.1) is 19.5 Å². The summed E-state index contributed by atoms with van der Waals surface area (Å²) in [5.41, 5.74) is 4.20. The number of aliphatic hydroxyl groups is 2. The first-order chi connectivity index (χ1) is 25.8. The summed E-state index contributed by atoms with van der Waals surface area (Å²) < 4.78 is 61.9. The van der Waals surface area contributed by atoms with Gasteiger partial charge in [-0.15, -0.1) is 0 Å². The van der Waals surface area contributed by atoms with Gasteiger partial charge in [0.25, 0.3) is 0 Å². The van der Waals surface area contributed by atoms with Gasteiger partial charge in [0.2, 0.25) is 16.9 Å². The van der Waals surface area contributed by atoms with Gasteiger partial charge in [-0.1, -0.05) is 25.6 Å². The van der Waals surface area contributed by atoms with Crippen LogP contribution in [0, 0.1) is 5.41 Å². The number of imidazole rings is 1. The zero-order valence-electron chi connectivity index (χ0n) is 29.5. The number of carbonyl (C=O) groups excluding carboxylic acids is 3. The number of rotatable bonds is 21. The fraction of sp³-hybridized carbons (Fsp3) is 0.577. The van der Waals surface area contributed by atoms with E-state index in [1.165, 1.54) is 20.8 Å². The lowest BCUT2D eigenvalue weighted by atomic mass is 9.87. The molecule has 1 saturated heterocycles. The maximum Gasteiger partial charge on any atom is 0.481 e. The third-order valence-corrected chi connectivity index (χ3v) is 11.5. The number of thioether (sulfide) groups is 1. The molecule has 0 radical (unpaired) electrons. The molecular formula is C26H40N7O19P3S. The summed E-state index contributed by atoms with van der Waals surface area (Å²) in [5.74, 6) is -2.75. The highest BCUT2D eigenvalue weighted by Gasteiger charge is 2.50. The number of hydrogen-bond donors (Lipinski definition) is 10. The standard InChI is InChI=1S/C26H40N7O19P3S/c1-13(8-16(35)36)25(40)56-7-6-28-15(34)4-5-29-23(39)20(38)26(2,3)10-49-55(46,47)52-54(44,45)48-9-14-19(51-53(41,42)43)18(37)24(50-14)33-12-32-17-21(27)30-11-31-22(17)33/h8,11-12,14,18-20,24,37-38H,4-7,9-10H2,1-3H3,(H,28,34)(H,29,39)(H,35,36)(H,44,45)(H,46,47)(H2,27,30,31)(H2,41,42,43)/b13-8+/t14-,18-,19-,20?,24-/m1/s1. The Hall–Kier alpha value is -3.23. The molecule has 7 atom stereocenters. The molecule has 11 N–H and O–H groups in total. The van der Waals surface area contributed by atoms with E-state index in [2.05, 4.69) is 34.4 Å². The Morgan fingerprint density at radius 3 is 2.38 bits per heavy atom. The summed E-state index contributed by atoms with van der Waals surface area (Å²) >= 11 is 0.789. The molecule has 0 aromatic carbocycles. The normalized spacial score (nSPS) is 21.9. The van der Waals surface area contributed by atoms with Crippen LogP contribution in [0.25, 0.3) is 11.2 Å². The Kier molecular flexibility index (Phi) is 16.4. The lowest BCUT2D eigenvalue weighted by Gasteiger charge is -2.30.